The summed E-state index contributed by atoms with van der Waals surface area (Å²) in [5.41, 5.74) is 11.6. The van der Waals surface area contributed by atoms with E-state index in [1.165, 1.54) is 33.0 Å². The molecule has 0 atom stereocenters. The maximum absolute atomic E-state index is 4.28. The normalized spacial score (nSPS) is 11.2. The molecule has 1 N–H and O–H groups in total. The van der Waals surface area contributed by atoms with Crippen LogP contribution in [0.1, 0.15) is 0 Å². The van der Waals surface area contributed by atoms with Crippen LogP contribution in [0.25, 0.3) is 66.3 Å². The number of aromatic amines is 1. The van der Waals surface area contributed by atoms with E-state index < -0.39 is 0 Å². The average molecular weight is 474 g/mol. The summed E-state index contributed by atoms with van der Waals surface area (Å²) in [4.78, 5) is 12.3. The van der Waals surface area contributed by atoms with Gasteiger partial charge < -0.3 is 4.98 Å². The minimum Gasteiger partial charge on any atom is -0.354 e. The van der Waals surface area contributed by atoms with Crippen molar-refractivity contribution >= 4 is 21.8 Å². The Kier molecular flexibility index (Phi) is 5.11. The van der Waals surface area contributed by atoms with Gasteiger partial charge in [0.1, 0.15) is 0 Å². The Bertz CT molecular complexity index is 1830. The molecular weight excluding hydrogens is 450 g/mol. The van der Waals surface area contributed by atoms with Gasteiger partial charge >= 0.3 is 0 Å². The second kappa shape index (κ2) is 8.89. The predicted octanol–water partition coefficient (Wildman–Crippen LogP) is 8.78. The quantitative estimate of drug-likeness (QED) is 0.277. The third-order valence-electron chi connectivity index (χ3n) is 7.04. The largest absolute Gasteiger partial charge is 0.354 e. The number of fused-ring (bicyclic) bond motifs is 3. The van der Waals surface area contributed by atoms with Gasteiger partial charge in [-0.25, -0.2) is 0 Å². The average Bonchev–Trinajstić information content (AvgIpc) is 3.37. The molecule has 3 heterocycles. The van der Waals surface area contributed by atoms with Crippen molar-refractivity contribution in [2.45, 2.75) is 0 Å². The molecule has 4 aromatic carbocycles. The number of para-hydroxylation sites is 1. The Hall–Kier alpha value is -5.02. The number of pyridine rings is 2. The number of hydrogen-bond donors (Lipinski definition) is 1. The summed E-state index contributed by atoms with van der Waals surface area (Å²) in [6.45, 7) is 0. The molecule has 0 saturated carbocycles. The molecule has 0 fully saturated rings. The summed E-state index contributed by atoms with van der Waals surface area (Å²) in [5.74, 6) is 0. The lowest BCUT2D eigenvalue weighted by Gasteiger charge is -2.14. The van der Waals surface area contributed by atoms with Crippen LogP contribution < -0.4 is 0 Å². The first-order valence-electron chi connectivity index (χ1n) is 12.4. The standard InChI is InChI=1S/C34H23N3/c1-2-8-32-30(7-1)31-18-17-29(25-13-9-23(10-14-25)27-5-3-19-35-21-27)33(34(31)37-32)26-15-11-24(12-16-26)28-6-4-20-36-22-28/h1-22,37H. The fourth-order valence-electron chi connectivity index (χ4n) is 5.20. The molecule has 3 nitrogen and oxygen atoms in total. The molecule has 0 saturated heterocycles. The molecule has 0 aliphatic carbocycles. The summed E-state index contributed by atoms with van der Waals surface area (Å²) in [7, 11) is 0. The van der Waals surface area contributed by atoms with E-state index in [4.69, 9.17) is 0 Å². The summed E-state index contributed by atoms with van der Waals surface area (Å²) < 4.78 is 0. The number of benzene rings is 4. The van der Waals surface area contributed by atoms with Crippen LogP contribution in [-0.2, 0) is 0 Å². The predicted molar refractivity (Wildman–Crippen MR) is 153 cm³/mol. The van der Waals surface area contributed by atoms with Gasteiger partial charge in [-0.3, -0.25) is 9.97 Å². The minimum atomic E-state index is 1.11. The Morgan fingerprint density at radius 3 is 1.65 bits per heavy atom. The van der Waals surface area contributed by atoms with E-state index in [-0.39, 0.29) is 0 Å². The van der Waals surface area contributed by atoms with Crippen LogP contribution in [0, 0.1) is 0 Å². The van der Waals surface area contributed by atoms with Crippen LogP contribution in [0.5, 0.6) is 0 Å². The first-order valence-corrected chi connectivity index (χ1v) is 12.4. The lowest BCUT2D eigenvalue weighted by Crippen LogP contribution is -1.89. The number of hydrogen-bond acceptors (Lipinski definition) is 2. The van der Waals surface area contributed by atoms with E-state index >= 15 is 0 Å². The minimum absolute atomic E-state index is 1.11. The first kappa shape index (κ1) is 21.3. The van der Waals surface area contributed by atoms with Crippen LogP contribution in [0.2, 0.25) is 0 Å². The lowest BCUT2D eigenvalue weighted by molar-refractivity contribution is 1.33. The van der Waals surface area contributed by atoms with E-state index in [1.807, 2.05) is 24.5 Å². The number of rotatable bonds is 4. The molecule has 0 unspecified atom stereocenters. The highest BCUT2D eigenvalue weighted by Gasteiger charge is 2.16. The molecule has 7 aromatic rings. The second-order valence-electron chi connectivity index (χ2n) is 9.22. The van der Waals surface area contributed by atoms with E-state index in [0.29, 0.717) is 0 Å². The van der Waals surface area contributed by atoms with Crippen molar-refractivity contribution in [1.29, 1.82) is 0 Å². The zero-order chi connectivity index (χ0) is 24.6. The van der Waals surface area contributed by atoms with Gasteiger partial charge in [0.2, 0.25) is 0 Å². The number of aromatic nitrogens is 3. The highest BCUT2D eigenvalue weighted by atomic mass is 14.7. The fourth-order valence-corrected chi connectivity index (χ4v) is 5.20. The van der Waals surface area contributed by atoms with Crippen LogP contribution in [-0.4, -0.2) is 15.0 Å². The fraction of sp³-hybridized carbons (Fsp3) is 0. The maximum atomic E-state index is 4.28. The van der Waals surface area contributed by atoms with Gasteiger partial charge in [-0.15, -0.1) is 0 Å². The molecule has 7 rings (SSSR count). The third-order valence-corrected chi connectivity index (χ3v) is 7.04. The second-order valence-corrected chi connectivity index (χ2v) is 9.22. The molecule has 0 aliphatic rings. The highest BCUT2D eigenvalue weighted by molar-refractivity contribution is 6.14. The van der Waals surface area contributed by atoms with Crippen molar-refractivity contribution < 1.29 is 0 Å². The topological polar surface area (TPSA) is 41.6 Å². The molecule has 0 spiro atoms. The van der Waals surface area contributed by atoms with Gasteiger partial charge in [0.25, 0.3) is 0 Å². The molecule has 174 valence electrons. The molecule has 0 aliphatic heterocycles. The van der Waals surface area contributed by atoms with Crippen molar-refractivity contribution in [3.8, 4) is 44.5 Å². The van der Waals surface area contributed by atoms with E-state index in [9.17, 15) is 0 Å². The van der Waals surface area contributed by atoms with Crippen molar-refractivity contribution in [3.63, 3.8) is 0 Å². The zero-order valence-corrected chi connectivity index (χ0v) is 20.1. The Morgan fingerprint density at radius 2 is 1.03 bits per heavy atom. The van der Waals surface area contributed by atoms with Gasteiger partial charge in [-0.1, -0.05) is 91.0 Å². The van der Waals surface area contributed by atoms with Crippen molar-refractivity contribution in [3.05, 3.63) is 134 Å². The van der Waals surface area contributed by atoms with Crippen LogP contribution in [0.15, 0.2) is 134 Å². The Labute approximate surface area is 215 Å². The van der Waals surface area contributed by atoms with Crippen LogP contribution >= 0.6 is 0 Å². The zero-order valence-electron chi connectivity index (χ0n) is 20.1. The van der Waals surface area contributed by atoms with Gasteiger partial charge in [0.05, 0.1) is 5.52 Å². The summed E-state index contributed by atoms with van der Waals surface area (Å²) in [6.07, 6.45) is 7.42. The molecule has 3 heteroatoms. The monoisotopic (exact) mass is 473 g/mol. The summed E-state index contributed by atoms with van der Waals surface area (Å²) in [5, 5.41) is 2.47. The van der Waals surface area contributed by atoms with E-state index in [2.05, 4.69) is 112 Å². The van der Waals surface area contributed by atoms with Crippen LogP contribution in [0.3, 0.4) is 0 Å². The molecule has 0 radical (unpaired) electrons. The lowest BCUT2D eigenvalue weighted by atomic mass is 9.90. The maximum Gasteiger partial charge on any atom is 0.0550 e. The Morgan fingerprint density at radius 1 is 0.432 bits per heavy atom. The smallest absolute Gasteiger partial charge is 0.0550 e. The molecule has 3 aromatic heterocycles. The van der Waals surface area contributed by atoms with Crippen molar-refractivity contribution in [2.24, 2.45) is 0 Å². The first-order chi connectivity index (χ1) is 18.3. The van der Waals surface area contributed by atoms with Gasteiger partial charge in [-0.05, 0) is 57.1 Å². The van der Waals surface area contributed by atoms with Gasteiger partial charge in [0, 0.05) is 46.6 Å². The summed E-state index contributed by atoms with van der Waals surface area (Å²) in [6, 6.07) is 38.7. The van der Waals surface area contributed by atoms with E-state index in [1.54, 1.807) is 12.4 Å². The van der Waals surface area contributed by atoms with E-state index in [0.717, 1.165) is 33.3 Å². The third kappa shape index (κ3) is 3.78. The molecule has 0 amide bonds. The Balaban J connectivity index is 1.41. The molecular formula is C34H23N3. The van der Waals surface area contributed by atoms with Gasteiger partial charge in [-0.2, -0.15) is 0 Å². The highest BCUT2D eigenvalue weighted by Crippen LogP contribution is 2.41. The molecule has 37 heavy (non-hydrogen) atoms. The van der Waals surface area contributed by atoms with Crippen LogP contribution in [0.4, 0.5) is 0 Å². The number of nitrogens with zero attached hydrogens (tertiary/aromatic N) is 2. The summed E-state index contributed by atoms with van der Waals surface area (Å²) >= 11 is 0. The number of nitrogens with one attached hydrogen (secondary N) is 1. The number of H-pyrrole nitrogens is 1. The molecule has 0 bridgehead atoms. The van der Waals surface area contributed by atoms with Crippen molar-refractivity contribution in [2.75, 3.05) is 0 Å². The van der Waals surface area contributed by atoms with Gasteiger partial charge in [0.15, 0.2) is 0 Å². The van der Waals surface area contributed by atoms with Crippen molar-refractivity contribution in [1.82, 2.24) is 15.0 Å². The SMILES string of the molecule is c1cncc(-c2ccc(-c3ccc4c([nH]c5ccccc54)c3-c3ccc(-c4cccnc4)cc3)cc2)c1.